The molecule has 4 atom stereocenters. The predicted molar refractivity (Wildman–Crippen MR) is 133 cm³/mol. The lowest BCUT2D eigenvalue weighted by atomic mass is 9.76. The van der Waals surface area contributed by atoms with Crippen molar-refractivity contribution in [2.45, 2.75) is 62.6 Å². The van der Waals surface area contributed by atoms with Crippen molar-refractivity contribution < 1.29 is 24.3 Å². The van der Waals surface area contributed by atoms with Gasteiger partial charge >= 0.3 is 12.0 Å². The summed E-state index contributed by atoms with van der Waals surface area (Å²) in [5.41, 5.74) is 4.35. The van der Waals surface area contributed by atoms with E-state index in [1.165, 1.54) is 4.90 Å². The predicted octanol–water partition coefficient (Wildman–Crippen LogP) is 2.69. The van der Waals surface area contributed by atoms with Gasteiger partial charge in [-0.1, -0.05) is 61.7 Å². The quantitative estimate of drug-likeness (QED) is 0.346. The summed E-state index contributed by atoms with van der Waals surface area (Å²) < 4.78 is 0. The summed E-state index contributed by atoms with van der Waals surface area (Å²) in [6, 6.07) is 12.0. The lowest BCUT2D eigenvalue weighted by molar-refractivity contribution is -0.153. The molecule has 2 heterocycles. The highest BCUT2D eigenvalue weighted by molar-refractivity contribution is 6.10. The first-order valence-electron chi connectivity index (χ1n) is 12.7. The maximum absolute atomic E-state index is 13.9. The summed E-state index contributed by atoms with van der Waals surface area (Å²) in [5, 5.41) is 18.2. The van der Waals surface area contributed by atoms with Gasteiger partial charge in [-0.3, -0.25) is 24.6 Å². The molecule has 5 N–H and O–H groups in total. The summed E-state index contributed by atoms with van der Waals surface area (Å²) in [5.74, 6) is -3.67. The van der Waals surface area contributed by atoms with Crippen LogP contribution in [0.4, 0.5) is 4.79 Å². The number of carboxylic acids is 1. The third-order valence-electron chi connectivity index (χ3n) is 8.22. The molecule has 190 valence electrons. The SMILES string of the molecule is NC(=O)NCCCC1(C(=O)O)NC(c2cccc3ccccc23)C2C(=O)N(C3CCCCC3)C(=O)C21. The molecule has 0 aromatic heterocycles. The number of benzene rings is 2. The topological polar surface area (TPSA) is 142 Å². The fraction of sp³-hybridized carbons (Fsp3) is 0.481. The van der Waals surface area contributed by atoms with Crippen LogP contribution >= 0.6 is 0 Å². The molecule has 0 radical (unpaired) electrons. The molecule has 0 bridgehead atoms. The second-order valence-electron chi connectivity index (χ2n) is 10.2. The fourth-order valence-electron chi connectivity index (χ4n) is 6.62. The minimum Gasteiger partial charge on any atom is -0.480 e. The number of amides is 4. The van der Waals surface area contributed by atoms with Crippen molar-refractivity contribution in [3.63, 3.8) is 0 Å². The number of fused-ring (bicyclic) bond motifs is 2. The van der Waals surface area contributed by atoms with Gasteiger partial charge in [0.1, 0.15) is 5.54 Å². The highest BCUT2D eigenvalue weighted by atomic mass is 16.4. The third-order valence-corrected chi connectivity index (χ3v) is 8.22. The number of urea groups is 1. The molecule has 2 aliphatic heterocycles. The molecular formula is C27H32N4O5. The van der Waals surface area contributed by atoms with E-state index in [1.807, 2.05) is 42.5 Å². The molecular weight excluding hydrogens is 460 g/mol. The number of hydrogen-bond donors (Lipinski definition) is 4. The maximum Gasteiger partial charge on any atom is 0.324 e. The Morgan fingerprint density at radius 3 is 2.50 bits per heavy atom. The zero-order valence-corrected chi connectivity index (χ0v) is 20.1. The normalized spacial score (nSPS) is 28.4. The first kappa shape index (κ1) is 24.2. The van der Waals surface area contributed by atoms with E-state index in [-0.39, 0.29) is 24.9 Å². The summed E-state index contributed by atoms with van der Waals surface area (Å²) in [4.78, 5) is 53.3. The van der Waals surface area contributed by atoms with E-state index >= 15 is 0 Å². The number of nitrogens with one attached hydrogen (secondary N) is 2. The van der Waals surface area contributed by atoms with Crippen LogP contribution < -0.4 is 16.4 Å². The fourth-order valence-corrected chi connectivity index (χ4v) is 6.62. The molecule has 4 amide bonds. The van der Waals surface area contributed by atoms with Gasteiger partial charge < -0.3 is 16.2 Å². The molecule has 9 nitrogen and oxygen atoms in total. The van der Waals surface area contributed by atoms with Crippen LogP contribution in [0.1, 0.15) is 56.6 Å². The van der Waals surface area contributed by atoms with Crippen molar-refractivity contribution in [3.05, 3.63) is 48.0 Å². The van der Waals surface area contributed by atoms with Gasteiger partial charge in [0.15, 0.2) is 0 Å². The standard InChI is InChI=1S/C27H32N4O5/c28-26(36)29-15-7-14-27(25(34)35)21-20(23(32)31(24(21)33)17-10-2-1-3-11-17)22(30-27)19-13-6-9-16-8-4-5-12-18(16)19/h4-6,8-9,12-13,17,20-22,30H,1-3,7,10-11,14-15H2,(H,34,35)(H3,28,29,36). The molecule has 2 aromatic carbocycles. The van der Waals surface area contributed by atoms with Gasteiger partial charge in [0.2, 0.25) is 11.8 Å². The highest BCUT2D eigenvalue weighted by Gasteiger charge is 2.68. The Balaban J connectivity index is 1.58. The van der Waals surface area contributed by atoms with Gasteiger partial charge in [-0.15, -0.1) is 0 Å². The molecule has 3 fully saturated rings. The van der Waals surface area contributed by atoms with Crippen LogP contribution in [-0.2, 0) is 14.4 Å². The van der Waals surface area contributed by atoms with Crippen LogP contribution in [0, 0.1) is 11.8 Å². The number of aliphatic carboxylic acids is 1. The number of imide groups is 1. The van der Waals surface area contributed by atoms with Gasteiger partial charge in [0, 0.05) is 18.6 Å². The maximum atomic E-state index is 13.9. The number of rotatable bonds is 7. The van der Waals surface area contributed by atoms with Gasteiger partial charge in [-0.25, -0.2) is 4.79 Å². The van der Waals surface area contributed by atoms with Crippen LogP contribution in [0.5, 0.6) is 0 Å². The Hall–Kier alpha value is -3.46. The number of carbonyl (C=O) groups is 4. The van der Waals surface area contributed by atoms with Crippen LogP contribution in [-0.4, -0.2) is 51.9 Å². The Bertz CT molecular complexity index is 1200. The Morgan fingerprint density at radius 1 is 1.06 bits per heavy atom. The minimum atomic E-state index is -1.64. The summed E-state index contributed by atoms with van der Waals surface area (Å²) in [6.45, 7) is 0.177. The molecule has 36 heavy (non-hydrogen) atoms. The first-order valence-corrected chi connectivity index (χ1v) is 12.7. The second kappa shape index (κ2) is 9.54. The molecule has 2 aromatic rings. The Labute approximate surface area is 209 Å². The summed E-state index contributed by atoms with van der Waals surface area (Å²) >= 11 is 0. The average molecular weight is 493 g/mol. The lowest BCUT2D eigenvalue weighted by Gasteiger charge is -2.34. The molecule has 3 aliphatic rings. The van der Waals surface area contributed by atoms with E-state index in [2.05, 4.69) is 10.6 Å². The van der Waals surface area contributed by atoms with Gasteiger partial charge in [-0.05, 0) is 42.0 Å². The molecule has 5 rings (SSSR count). The molecule has 9 heteroatoms. The number of nitrogens with zero attached hydrogens (tertiary/aromatic N) is 1. The van der Waals surface area contributed by atoms with Crippen LogP contribution in [0.15, 0.2) is 42.5 Å². The van der Waals surface area contributed by atoms with E-state index in [0.717, 1.165) is 48.4 Å². The zero-order chi connectivity index (χ0) is 25.4. The highest BCUT2D eigenvalue weighted by Crippen LogP contribution is 2.52. The van der Waals surface area contributed by atoms with Crippen LogP contribution in [0.25, 0.3) is 10.8 Å². The van der Waals surface area contributed by atoms with Gasteiger partial charge in [0.05, 0.1) is 11.8 Å². The van der Waals surface area contributed by atoms with E-state index in [4.69, 9.17) is 5.73 Å². The Morgan fingerprint density at radius 2 is 1.78 bits per heavy atom. The van der Waals surface area contributed by atoms with Gasteiger partial charge in [0.25, 0.3) is 0 Å². The average Bonchev–Trinajstić information content (AvgIpc) is 3.36. The van der Waals surface area contributed by atoms with Crippen molar-refractivity contribution in [1.29, 1.82) is 0 Å². The molecule has 2 saturated heterocycles. The van der Waals surface area contributed by atoms with Crippen LogP contribution in [0.3, 0.4) is 0 Å². The van der Waals surface area contributed by atoms with E-state index < -0.39 is 41.3 Å². The number of nitrogens with two attached hydrogens (primary N) is 1. The largest absolute Gasteiger partial charge is 0.480 e. The van der Waals surface area contributed by atoms with Crippen LogP contribution in [0.2, 0.25) is 0 Å². The summed E-state index contributed by atoms with van der Waals surface area (Å²) in [6.07, 6.45) is 4.85. The van der Waals surface area contributed by atoms with E-state index in [1.54, 1.807) is 0 Å². The molecule has 1 saturated carbocycles. The van der Waals surface area contributed by atoms with Crippen molar-refractivity contribution in [2.24, 2.45) is 17.6 Å². The minimum absolute atomic E-state index is 0.0720. The molecule has 1 aliphatic carbocycles. The summed E-state index contributed by atoms with van der Waals surface area (Å²) in [7, 11) is 0. The van der Waals surface area contributed by atoms with Crippen molar-refractivity contribution >= 4 is 34.6 Å². The Kier molecular flexibility index (Phi) is 6.42. The monoisotopic (exact) mass is 492 g/mol. The second-order valence-corrected chi connectivity index (χ2v) is 10.2. The van der Waals surface area contributed by atoms with Gasteiger partial charge in [-0.2, -0.15) is 0 Å². The molecule has 0 spiro atoms. The lowest BCUT2D eigenvalue weighted by Crippen LogP contribution is -2.56. The number of carboxylic acid groups (broad SMARTS) is 1. The number of likely N-dealkylation sites (tertiary alicyclic amines) is 1. The molecule has 4 unspecified atom stereocenters. The van der Waals surface area contributed by atoms with Crippen molar-refractivity contribution in [1.82, 2.24) is 15.5 Å². The number of hydrogen-bond acceptors (Lipinski definition) is 5. The number of carbonyl (C=O) groups excluding carboxylic acids is 3. The van der Waals surface area contributed by atoms with Crippen molar-refractivity contribution in [2.75, 3.05) is 6.54 Å². The van der Waals surface area contributed by atoms with Crippen molar-refractivity contribution in [3.8, 4) is 0 Å². The van der Waals surface area contributed by atoms with E-state index in [0.29, 0.717) is 6.42 Å². The number of primary amides is 1. The smallest absolute Gasteiger partial charge is 0.324 e. The third kappa shape index (κ3) is 3.91. The first-order chi connectivity index (χ1) is 17.3. The zero-order valence-electron chi connectivity index (χ0n) is 20.1. The van der Waals surface area contributed by atoms with E-state index in [9.17, 15) is 24.3 Å².